The molecule has 6 heteroatoms. The summed E-state index contributed by atoms with van der Waals surface area (Å²) in [4.78, 5) is 0. The highest BCUT2D eigenvalue weighted by atomic mass is 16.5. The summed E-state index contributed by atoms with van der Waals surface area (Å²) in [5.41, 5.74) is 1.49. The number of methoxy groups -OCH3 is 2. The van der Waals surface area contributed by atoms with Gasteiger partial charge < -0.3 is 23.8 Å². The lowest BCUT2D eigenvalue weighted by atomic mass is 10.2. The van der Waals surface area contributed by atoms with E-state index in [0.29, 0.717) is 22.8 Å². The SMILES string of the molecule is COc1cc(CO)cc(OC)c1OCc1cnoc1. The van der Waals surface area contributed by atoms with Crippen molar-refractivity contribution < 1.29 is 23.8 Å². The number of rotatable bonds is 6. The van der Waals surface area contributed by atoms with Crippen LogP contribution in [0.5, 0.6) is 17.2 Å². The maximum absolute atomic E-state index is 9.18. The highest BCUT2D eigenvalue weighted by molar-refractivity contribution is 5.53. The molecule has 2 rings (SSSR count). The standard InChI is InChI=1S/C13H15NO5/c1-16-11-3-9(6-15)4-12(17-2)13(11)18-7-10-5-14-19-8-10/h3-5,8,15H,6-7H2,1-2H3. The molecular formula is C13H15NO5. The average Bonchev–Trinajstić information content (AvgIpc) is 2.97. The van der Waals surface area contributed by atoms with Crippen LogP contribution < -0.4 is 14.2 Å². The smallest absolute Gasteiger partial charge is 0.203 e. The fraction of sp³-hybridized carbons (Fsp3) is 0.308. The topological polar surface area (TPSA) is 74.0 Å². The first-order valence-electron chi connectivity index (χ1n) is 5.65. The van der Waals surface area contributed by atoms with Gasteiger partial charge >= 0.3 is 0 Å². The summed E-state index contributed by atoms with van der Waals surface area (Å²) in [6.45, 7) is 0.188. The van der Waals surface area contributed by atoms with Crippen LogP contribution in [0.1, 0.15) is 11.1 Å². The highest BCUT2D eigenvalue weighted by Crippen LogP contribution is 2.39. The molecule has 102 valence electrons. The van der Waals surface area contributed by atoms with Crippen LogP contribution in [0.25, 0.3) is 0 Å². The van der Waals surface area contributed by atoms with E-state index in [0.717, 1.165) is 5.56 Å². The second-order valence-corrected chi connectivity index (χ2v) is 3.81. The summed E-state index contributed by atoms with van der Waals surface area (Å²) in [7, 11) is 3.06. The third kappa shape index (κ3) is 2.97. The lowest BCUT2D eigenvalue weighted by Gasteiger charge is -2.15. The molecule has 0 fully saturated rings. The van der Waals surface area contributed by atoms with Crippen molar-refractivity contribution in [3.8, 4) is 17.2 Å². The number of benzene rings is 1. The molecule has 1 N–H and O–H groups in total. The predicted molar refractivity (Wildman–Crippen MR) is 66.3 cm³/mol. The number of aromatic nitrogens is 1. The first-order chi connectivity index (χ1) is 9.28. The lowest BCUT2D eigenvalue weighted by Crippen LogP contribution is -2.00. The van der Waals surface area contributed by atoms with Crippen LogP contribution in [-0.4, -0.2) is 24.5 Å². The number of nitrogens with zero attached hydrogens (tertiary/aromatic N) is 1. The van der Waals surface area contributed by atoms with Gasteiger partial charge in [0.05, 0.1) is 27.0 Å². The Morgan fingerprint density at radius 3 is 2.32 bits per heavy atom. The van der Waals surface area contributed by atoms with Gasteiger partial charge in [-0.25, -0.2) is 0 Å². The average molecular weight is 265 g/mol. The minimum atomic E-state index is -0.0986. The zero-order chi connectivity index (χ0) is 13.7. The minimum Gasteiger partial charge on any atom is -0.493 e. The maximum Gasteiger partial charge on any atom is 0.203 e. The van der Waals surface area contributed by atoms with Crippen LogP contribution >= 0.6 is 0 Å². The lowest BCUT2D eigenvalue weighted by molar-refractivity contribution is 0.259. The first-order valence-corrected chi connectivity index (χ1v) is 5.65. The Morgan fingerprint density at radius 2 is 1.84 bits per heavy atom. The van der Waals surface area contributed by atoms with Crippen molar-refractivity contribution in [2.75, 3.05) is 14.2 Å². The maximum atomic E-state index is 9.18. The fourth-order valence-corrected chi connectivity index (χ4v) is 1.62. The molecule has 1 aromatic heterocycles. The molecular weight excluding hydrogens is 250 g/mol. The van der Waals surface area contributed by atoms with E-state index in [1.807, 2.05) is 0 Å². The molecule has 0 aliphatic heterocycles. The largest absolute Gasteiger partial charge is 0.493 e. The van der Waals surface area contributed by atoms with Crippen molar-refractivity contribution in [3.05, 3.63) is 35.7 Å². The molecule has 0 unspecified atom stereocenters. The van der Waals surface area contributed by atoms with E-state index in [4.69, 9.17) is 18.7 Å². The molecule has 0 atom stereocenters. The third-order valence-corrected chi connectivity index (χ3v) is 2.57. The van der Waals surface area contributed by atoms with E-state index >= 15 is 0 Å². The number of ether oxygens (including phenoxy) is 3. The molecule has 2 aromatic rings. The Morgan fingerprint density at radius 1 is 1.16 bits per heavy atom. The van der Waals surface area contributed by atoms with Gasteiger partial charge in [-0.1, -0.05) is 5.16 Å². The summed E-state index contributed by atoms with van der Waals surface area (Å²) in [5, 5.41) is 12.8. The summed E-state index contributed by atoms with van der Waals surface area (Å²) < 4.78 is 20.9. The molecule has 0 radical (unpaired) electrons. The van der Waals surface area contributed by atoms with E-state index in [1.165, 1.54) is 20.5 Å². The second-order valence-electron chi connectivity index (χ2n) is 3.81. The van der Waals surface area contributed by atoms with Crippen molar-refractivity contribution in [1.29, 1.82) is 0 Å². The van der Waals surface area contributed by atoms with Gasteiger partial charge in [-0.15, -0.1) is 0 Å². The van der Waals surface area contributed by atoms with Crippen LogP contribution in [0.4, 0.5) is 0 Å². The monoisotopic (exact) mass is 265 g/mol. The summed E-state index contributed by atoms with van der Waals surface area (Å²) in [5.74, 6) is 1.48. The van der Waals surface area contributed by atoms with Crippen LogP contribution in [0, 0.1) is 0 Å². The molecule has 0 amide bonds. The molecule has 0 bridgehead atoms. The molecule has 0 saturated heterocycles. The quantitative estimate of drug-likeness (QED) is 0.858. The van der Waals surface area contributed by atoms with Crippen LogP contribution in [0.3, 0.4) is 0 Å². The van der Waals surface area contributed by atoms with E-state index in [9.17, 15) is 5.11 Å². The van der Waals surface area contributed by atoms with Gasteiger partial charge in [0.25, 0.3) is 0 Å². The van der Waals surface area contributed by atoms with Gasteiger partial charge in [0.1, 0.15) is 12.9 Å². The molecule has 1 aromatic carbocycles. The van der Waals surface area contributed by atoms with Gasteiger partial charge in [0.15, 0.2) is 11.5 Å². The number of hydrogen-bond donors (Lipinski definition) is 1. The normalized spacial score (nSPS) is 10.3. The van der Waals surface area contributed by atoms with Crippen molar-refractivity contribution in [2.24, 2.45) is 0 Å². The number of aliphatic hydroxyl groups is 1. The van der Waals surface area contributed by atoms with Crippen molar-refractivity contribution in [2.45, 2.75) is 13.2 Å². The first kappa shape index (κ1) is 13.2. The van der Waals surface area contributed by atoms with Gasteiger partial charge in [-0.05, 0) is 17.7 Å². The molecule has 19 heavy (non-hydrogen) atoms. The van der Waals surface area contributed by atoms with Crippen molar-refractivity contribution in [3.63, 3.8) is 0 Å². The Hall–Kier alpha value is -2.21. The van der Waals surface area contributed by atoms with Gasteiger partial charge in [-0.3, -0.25) is 0 Å². The zero-order valence-electron chi connectivity index (χ0n) is 10.8. The Balaban J connectivity index is 2.26. The van der Waals surface area contributed by atoms with Crippen LogP contribution in [-0.2, 0) is 13.2 Å². The molecule has 0 aliphatic carbocycles. The summed E-state index contributed by atoms with van der Waals surface area (Å²) >= 11 is 0. The number of aliphatic hydroxyl groups excluding tert-OH is 1. The van der Waals surface area contributed by atoms with Crippen molar-refractivity contribution >= 4 is 0 Å². The molecule has 0 spiro atoms. The van der Waals surface area contributed by atoms with E-state index in [-0.39, 0.29) is 13.2 Å². The van der Waals surface area contributed by atoms with E-state index < -0.39 is 0 Å². The van der Waals surface area contributed by atoms with E-state index in [1.54, 1.807) is 18.3 Å². The summed E-state index contributed by atoms with van der Waals surface area (Å²) in [6, 6.07) is 3.40. The predicted octanol–water partition coefficient (Wildman–Crippen LogP) is 1.76. The molecule has 0 aliphatic rings. The van der Waals surface area contributed by atoms with Crippen LogP contribution in [0.2, 0.25) is 0 Å². The summed E-state index contributed by atoms with van der Waals surface area (Å²) in [6.07, 6.45) is 3.07. The number of hydrogen-bond acceptors (Lipinski definition) is 6. The fourth-order valence-electron chi connectivity index (χ4n) is 1.62. The highest BCUT2D eigenvalue weighted by Gasteiger charge is 2.14. The molecule has 0 saturated carbocycles. The van der Waals surface area contributed by atoms with E-state index in [2.05, 4.69) is 5.16 Å². The minimum absolute atomic E-state index is 0.0986. The van der Waals surface area contributed by atoms with Gasteiger partial charge in [-0.2, -0.15) is 0 Å². The zero-order valence-corrected chi connectivity index (χ0v) is 10.8. The molecule has 6 nitrogen and oxygen atoms in total. The van der Waals surface area contributed by atoms with Crippen LogP contribution in [0.15, 0.2) is 29.1 Å². The second kappa shape index (κ2) is 6.10. The van der Waals surface area contributed by atoms with Gasteiger partial charge in [0.2, 0.25) is 5.75 Å². The Kier molecular flexibility index (Phi) is 4.25. The Labute approximate surface area is 110 Å². The molecule has 1 heterocycles. The Bertz CT molecular complexity index is 499. The van der Waals surface area contributed by atoms with Gasteiger partial charge in [0, 0.05) is 5.56 Å². The van der Waals surface area contributed by atoms with Crippen molar-refractivity contribution in [1.82, 2.24) is 5.16 Å². The third-order valence-electron chi connectivity index (χ3n) is 2.57.